The van der Waals surface area contributed by atoms with Crippen molar-refractivity contribution in [2.45, 2.75) is 33.2 Å². The minimum Gasteiger partial charge on any atom is -0.469 e. The molecule has 0 bridgehead atoms. The number of pyridine rings is 1. The van der Waals surface area contributed by atoms with E-state index in [9.17, 15) is 9.59 Å². The van der Waals surface area contributed by atoms with E-state index < -0.39 is 0 Å². The molecule has 0 saturated carbocycles. The zero-order chi connectivity index (χ0) is 24.1. The van der Waals surface area contributed by atoms with Crippen LogP contribution in [-0.4, -0.2) is 69.7 Å². The lowest BCUT2D eigenvalue weighted by atomic mass is 10.1. The summed E-state index contributed by atoms with van der Waals surface area (Å²) in [6.07, 6.45) is 4.59. The van der Waals surface area contributed by atoms with Crippen LogP contribution in [0.3, 0.4) is 0 Å². The molecule has 8 heteroatoms. The smallest absolute Gasteiger partial charge is 0.305 e. The molecule has 178 valence electrons. The SMILES string of the molecule is COC(=O)CCc1c(C)nn(-c2ccc(C(=O)N3CCN(Cc4cccnc4)CC3)cc2)c1C. The summed E-state index contributed by atoms with van der Waals surface area (Å²) < 4.78 is 6.62. The number of aromatic nitrogens is 3. The maximum absolute atomic E-state index is 13.0. The summed E-state index contributed by atoms with van der Waals surface area (Å²) >= 11 is 0. The van der Waals surface area contributed by atoms with Gasteiger partial charge in [0.15, 0.2) is 0 Å². The van der Waals surface area contributed by atoms with Gasteiger partial charge in [-0.05, 0) is 61.7 Å². The molecule has 1 aliphatic heterocycles. The van der Waals surface area contributed by atoms with Crippen LogP contribution in [0.2, 0.25) is 0 Å². The minimum absolute atomic E-state index is 0.0553. The van der Waals surface area contributed by atoms with E-state index in [0.717, 1.165) is 42.3 Å². The number of carbonyl (C=O) groups is 2. The number of hydrogen-bond acceptors (Lipinski definition) is 6. The van der Waals surface area contributed by atoms with Crippen LogP contribution in [0, 0.1) is 13.8 Å². The lowest BCUT2D eigenvalue weighted by Gasteiger charge is -2.34. The van der Waals surface area contributed by atoms with E-state index in [1.54, 1.807) is 6.20 Å². The first-order chi connectivity index (χ1) is 16.5. The standard InChI is InChI=1S/C26H31N5O3/c1-19-24(10-11-25(32)34-3)20(2)31(28-19)23-8-6-22(7-9-23)26(33)30-15-13-29(14-16-30)18-21-5-4-12-27-17-21/h4-9,12,17H,10-11,13-16,18H2,1-3H3. The van der Waals surface area contributed by atoms with Crippen LogP contribution in [0.1, 0.15) is 39.3 Å². The van der Waals surface area contributed by atoms with E-state index in [2.05, 4.69) is 21.0 Å². The molecule has 3 heterocycles. The zero-order valence-corrected chi connectivity index (χ0v) is 20.0. The van der Waals surface area contributed by atoms with Gasteiger partial charge in [0.1, 0.15) is 0 Å². The van der Waals surface area contributed by atoms with Gasteiger partial charge in [-0.1, -0.05) is 6.07 Å². The Labute approximate surface area is 200 Å². The molecule has 8 nitrogen and oxygen atoms in total. The van der Waals surface area contributed by atoms with Crippen LogP contribution in [0.4, 0.5) is 0 Å². The highest BCUT2D eigenvalue weighted by Gasteiger charge is 2.22. The number of amides is 1. The number of methoxy groups -OCH3 is 1. The second-order valence-corrected chi connectivity index (χ2v) is 8.61. The number of nitrogens with zero attached hydrogens (tertiary/aromatic N) is 5. The van der Waals surface area contributed by atoms with E-state index in [-0.39, 0.29) is 11.9 Å². The van der Waals surface area contributed by atoms with Crippen molar-refractivity contribution in [2.75, 3.05) is 33.3 Å². The number of ether oxygens (including phenoxy) is 1. The summed E-state index contributed by atoms with van der Waals surface area (Å²) in [4.78, 5) is 33.0. The summed E-state index contributed by atoms with van der Waals surface area (Å²) in [5.41, 5.74) is 5.70. The second-order valence-electron chi connectivity index (χ2n) is 8.61. The van der Waals surface area contributed by atoms with Crippen LogP contribution in [0.25, 0.3) is 5.69 Å². The fourth-order valence-electron chi connectivity index (χ4n) is 4.40. The maximum atomic E-state index is 13.0. The molecule has 0 unspecified atom stereocenters. The lowest BCUT2D eigenvalue weighted by Crippen LogP contribution is -2.48. The summed E-state index contributed by atoms with van der Waals surface area (Å²) in [6.45, 7) is 7.91. The molecule has 0 aliphatic carbocycles. The van der Waals surface area contributed by atoms with Crippen molar-refractivity contribution in [3.05, 3.63) is 76.9 Å². The summed E-state index contributed by atoms with van der Waals surface area (Å²) in [5.74, 6) is -0.174. The van der Waals surface area contributed by atoms with Crippen molar-refractivity contribution in [3.63, 3.8) is 0 Å². The van der Waals surface area contributed by atoms with Crippen molar-refractivity contribution in [1.82, 2.24) is 24.6 Å². The number of esters is 1. The molecule has 0 N–H and O–H groups in total. The molecule has 34 heavy (non-hydrogen) atoms. The van der Waals surface area contributed by atoms with Gasteiger partial charge in [0.05, 0.1) is 18.5 Å². The maximum Gasteiger partial charge on any atom is 0.305 e. The Morgan fingerprint density at radius 2 is 1.76 bits per heavy atom. The number of hydrogen-bond donors (Lipinski definition) is 0. The van der Waals surface area contributed by atoms with Crippen molar-refractivity contribution < 1.29 is 14.3 Å². The first-order valence-electron chi connectivity index (χ1n) is 11.6. The van der Waals surface area contributed by atoms with Gasteiger partial charge in [-0.15, -0.1) is 0 Å². The van der Waals surface area contributed by atoms with Gasteiger partial charge in [0, 0.05) is 62.8 Å². The van der Waals surface area contributed by atoms with Gasteiger partial charge in [-0.2, -0.15) is 5.10 Å². The predicted molar refractivity (Wildman–Crippen MR) is 129 cm³/mol. The first-order valence-corrected chi connectivity index (χ1v) is 11.6. The average molecular weight is 462 g/mol. The van der Waals surface area contributed by atoms with Gasteiger partial charge in [0.2, 0.25) is 0 Å². The zero-order valence-electron chi connectivity index (χ0n) is 20.0. The molecule has 1 amide bonds. The highest BCUT2D eigenvalue weighted by atomic mass is 16.5. The summed E-state index contributed by atoms with van der Waals surface area (Å²) in [5, 5.41) is 4.65. The molecular formula is C26H31N5O3. The fourth-order valence-corrected chi connectivity index (χ4v) is 4.40. The third kappa shape index (κ3) is 5.34. The Kier molecular flexibility index (Phi) is 7.37. The number of piperazine rings is 1. The number of carbonyl (C=O) groups excluding carboxylic acids is 2. The Morgan fingerprint density at radius 3 is 2.41 bits per heavy atom. The Morgan fingerprint density at radius 1 is 1.03 bits per heavy atom. The van der Waals surface area contributed by atoms with E-state index in [1.807, 2.05) is 60.0 Å². The third-order valence-electron chi connectivity index (χ3n) is 6.40. The van der Waals surface area contributed by atoms with Crippen LogP contribution < -0.4 is 0 Å². The van der Waals surface area contributed by atoms with Crippen LogP contribution in [-0.2, 0) is 22.5 Å². The second kappa shape index (κ2) is 10.6. The Bertz CT molecular complexity index is 1130. The lowest BCUT2D eigenvalue weighted by molar-refractivity contribution is -0.140. The minimum atomic E-state index is -0.229. The highest BCUT2D eigenvalue weighted by Crippen LogP contribution is 2.21. The quantitative estimate of drug-likeness (QED) is 0.504. The summed E-state index contributed by atoms with van der Waals surface area (Å²) in [6, 6.07) is 11.6. The monoisotopic (exact) mass is 461 g/mol. The molecule has 1 saturated heterocycles. The van der Waals surface area contributed by atoms with Crippen molar-refractivity contribution >= 4 is 11.9 Å². The number of aryl methyl sites for hydroxylation is 1. The molecule has 3 aromatic rings. The van der Waals surface area contributed by atoms with Gasteiger partial charge >= 0.3 is 5.97 Å². The normalized spacial score (nSPS) is 14.3. The molecule has 1 aliphatic rings. The van der Waals surface area contributed by atoms with E-state index in [4.69, 9.17) is 4.74 Å². The number of benzene rings is 1. The fraction of sp³-hybridized carbons (Fsp3) is 0.385. The van der Waals surface area contributed by atoms with Crippen molar-refractivity contribution in [2.24, 2.45) is 0 Å². The van der Waals surface area contributed by atoms with Gasteiger partial charge in [0.25, 0.3) is 5.91 Å². The molecule has 0 atom stereocenters. The van der Waals surface area contributed by atoms with Crippen molar-refractivity contribution in [1.29, 1.82) is 0 Å². The molecule has 0 spiro atoms. The molecule has 2 aromatic heterocycles. The van der Waals surface area contributed by atoms with Crippen LogP contribution >= 0.6 is 0 Å². The predicted octanol–water partition coefficient (Wildman–Crippen LogP) is 2.95. The highest BCUT2D eigenvalue weighted by molar-refractivity contribution is 5.94. The van der Waals surface area contributed by atoms with Gasteiger partial charge in [-0.3, -0.25) is 19.5 Å². The van der Waals surface area contributed by atoms with Crippen molar-refractivity contribution in [3.8, 4) is 5.69 Å². The molecule has 4 rings (SSSR count). The summed E-state index contributed by atoms with van der Waals surface area (Å²) in [7, 11) is 1.40. The average Bonchev–Trinajstić information content (AvgIpc) is 3.16. The molecule has 0 radical (unpaired) electrons. The molecule has 1 aromatic carbocycles. The van der Waals surface area contributed by atoms with E-state index >= 15 is 0 Å². The Balaban J connectivity index is 1.37. The van der Waals surface area contributed by atoms with Crippen LogP contribution in [0.15, 0.2) is 48.8 Å². The van der Waals surface area contributed by atoms with Gasteiger partial charge < -0.3 is 9.64 Å². The first kappa shape index (κ1) is 23.6. The van der Waals surface area contributed by atoms with E-state index in [0.29, 0.717) is 31.5 Å². The largest absolute Gasteiger partial charge is 0.469 e. The topological polar surface area (TPSA) is 80.6 Å². The van der Waals surface area contributed by atoms with E-state index in [1.165, 1.54) is 12.7 Å². The molecular weight excluding hydrogens is 430 g/mol. The number of rotatable bonds is 7. The third-order valence-corrected chi connectivity index (χ3v) is 6.40. The Hall–Kier alpha value is -3.52. The van der Waals surface area contributed by atoms with Gasteiger partial charge in [-0.25, -0.2) is 4.68 Å². The molecule has 1 fully saturated rings. The van der Waals surface area contributed by atoms with Crippen LogP contribution in [0.5, 0.6) is 0 Å².